The summed E-state index contributed by atoms with van der Waals surface area (Å²) in [6.07, 6.45) is -2.92. The fraction of sp³-hybridized carbons (Fsp3) is 0.238. The van der Waals surface area contributed by atoms with Gasteiger partial charge in [0.15, 0.2) is 11.4 Å². The van der Waals surface area contributed by atoms with Crippen molar-refractivity contribution in [2.45, 2.75) is 25.6 Å². The highest BCUT2D eigenvalue weighted by molar-refractivity contribution is 5.95. The molecule has 3 rings (SSSR count). The van der Waals surface area contributed by atoms with Gasteiger partial charge in [-0.25, -0.2) is 9.07 Å². The first kappa shape index (κ1) is 21.4. The van der Waals surface area contributed by atoms with Crippen LogP contribution in [0.5, 0.6) is 5.75 Å². The number of benzene rings is 2. The van der Waals surface area contributed by atoms with E-state index in [1.165, 1.54) is 31.5 Å². The molecule has 2 aromatic carbocycles. The molecular formula is C21H19F4N3O2. The summed E-state index contributed by atoms with van der Waals surface area (Å²) in [4.78, 5) is 12.6. The Labute approximate surface area is 170 Å². The number of halogens is 4. The molecule has 158 valence electrons. The SMILES string of the molecule is COc1cn(-c2cccc(C(F)(F)F)c2)nc1C(=O)NC(C)Cc1ccccc1F. The molecule has 0 spiro atoms. The van der Waals surface area contributed by atoms with E-state index in [0.29, 0.717) is 5.56 Å². The van der Waals surface area contributed by atoms with Crippen molar-refractivity contribution in [3.05, 3.63) is 77.4 Å². The number of amides is 1. The van der Waals surface area contributed by atoms with Gasteiger partial charge in [-0.3, -0.25) is 4.79 Å². The molecule has 0 saturated carbocycles. The monoisotopic (exact) mass is 421 g/mol. The number of hydrogen-bond donors (Lipinski definition) is 1. The molecule has 9 heteroatoms. The van der Waals surface area contributed by atoms with Crippen molar-refractivity contribution in [3.63, 3.8) is 0 Å². The zero-order valence-corrected chi connectivity index (χ0v) is 16.2. The van der Waals surface area contributed by atoms with Gasteiger partial charge in [-0.2, -0.15) is 18.3 Å². The van der Waals surface area contributed by atoms with Crippen LogP contribution in [0.3, 0.4) is 0 Å². The van der Waals surface area contributed by atoms with Gasteiger partial charge in [-0.1, -0.05) is 24.3 Å². The normalized spacial score (nSPS) is 12.5. The molecule has 0 aliphatic rings. The number of aromatic nitrogens is 2. The van der Waals surface area contributed by atoms with Crippen LogP contribution in [0.1, 0.15) is 28.5 Å². The molecule has 0 aliphatic heterocycles. The summed E-state index contributed by atoms with van der Waals surface area (Å²) >= 11 is 0. The molecule has 1 atom stereocenters. The minimum absolute atomic E-state index is 0.0877. The van der Waals surface area contributed by atoms with E-state index in [9.17, 15) is 22.4 Å². The Morgan fingerprint density at radius 3 is 2.60 bits per heavy atom. The summed E-state index contributed by atoms with van der Waals surface area (Å²) < 4.78 is 59.0. The van der Waals surface area contributed by atoms with Crippen molar-refractivity contribution in [1.29, 1.82) is 0 Å². The number of nitrogens with one attached hydrogen (secondary N) is 1. The average Bonchev–Trinajstić information content (AvgIpc) is 3.14. The van der Waals surface area contributed by atoms with Gasteiger partial charge in [0, 0.05) is 6.04 Å². The third-order valence-electron chi connectivity index (χ3n) is 4.42. The van der Waals surface area contributed by atoms with Crippen LogP contribution in [0, 0.1) is 5.82 Å². The first-order valence-corrected chi connectivity index (χ1v) is 9.04. The van der Waals surface area contributed by atoms with Crippen LogP contribution in [0.15, 0.2) is 54.7 Å². The van der Waals surface area contributed by atoms with Crippen molar-refractivity contribution in [2.24, 2.45) is 0 Å². The summed E-state index contributed by atoms with van der Waals surface area (Å²) in [5.41, 5.74) is -0.345. The van der Waals surface area contributed by atoms with Gasteiger partial charge in [0.05, 0.1) is 24.6 Å². The minimum atomic E-state index is -4.50. The first-order valence-electron chi connectivity index (χ1n) is 9.04. The molecule has 3 aromatic rings. The number of alkyl halides is 3. The van der Waals surface area contributed by atoms with E-state index in [2.05, 4.69) is 10.4 Å². The Hall–Kier alpha value is -3.36. The largest absolute Gasteiger partial charge is 0.493 e. The second-order valence-electron chi connectivity index (χ2n) is 6.71. The quantitative estimate of drug-likeness (QED) is 0.601. The molecule has 1 aromatic heterocycles. The molecule has 5 nitrogen and oxygen atoms in total. The number of rotatable bonds is 6. The molecule has 0 saturated heterocycles. The molecule has 1 N–H and O–H groups in total. The fourth-order valence-corrected chi connectivity index (χ4v) is 2.96. The van der Waals surface area contributed by atoms with Crippen LogP contribution in [0.2, 0.25) is 0 Å². The van der Waals surface area contributed by atoms with E-state index >= 15 is 0 Å². The maximum atomic E-state index is 13.8. The third kappa shape index (κ3) is 4.79. The second kappa shape index (κ2) is 8.56. The maximum Gasteiger partial charge on any atom is 0.416 e. The number of ether oxygens (including phenoxy) is 1. The molecule has 0 aliphatic carbocycles. The van der Waals surface area contributed by atoms with Gasteiger partial charge in [0.25, 0.3) is 5.91 Å². The molecule has 0 bridgehead atoms. The Morgan fingerprint density at radius 2 is 1.93 bits per heavy atom. The third-order valence-corrected chi connectivity index (χ3v) is 4.42. The molecule has 1 unspecified atom stereocenters. The average molecular weight is 421 g/mol. The second-order valence-corrected chi connectivity index (χ2v) is 6.71. The Kier molecular flexibility index (Phi) is 6.09. The van der Waals surface area contributed by atoms with Crippen LogP contribution >= 0.6 is 0 Å². The zero-order chi connectivity index (χ0) is 21.9. The lowest BCUT2D eigenvalue weighted by Crippen LogP contribution is -2.34. The first-order chi connectivity index (χ1) is 14.2. The van der Waals surface area contributed by atoms with Crippen molar-refractivity contribution in [3.8, 4) is 11.4 Å². The molecule has 1 heterocycles. The maximum absolute atomic E-state index is 13.8. The van der Waals surface area contributed by atoms with Gasteiger partial charge >= 0.3 is 6.18 Å². The van der Waals surface area contributed by atoms with Crippen LogP contribution in [0.4, 0.5) is 17.6 Å². The van der Waals surface area contributed by atoms with Gasteiger partial charge in [-0.15, -0.1) is 0 Å². The minimum Gasteiger partial charge on any atom is -0.493 e. The smallest absolute Gasteiger partial charge is 0.416 e. The summed E-state index contributed by atoms with van der Waals surface area (Å²) in [7, 11) is 1.33. The van der Waals surface area contributed by atoms with E-state index in [1.54, 1.807) is 25.1 Å². The van der Waals surface area contributed by atoms with Crippen LogP contribution in [-0.2, 0) is 12.6 Å². The summed E-state index contributed by atoms with van der Waals surface area (Å²) in [5, 5.41) is 6.80. The molecule has 30 heavy (non-hydrogen) atoms. The van der Waals surface area contributed by atoms with Crippen LogP contribution < -0.4 is 10.1 Å². The number of hydrogen-bond acceptors (Lipinski definition) is 3. The predicted octanol–water partition coefficient (Wildman–Crippen LogP) is 4.40. The van der Waals surface area contributed by atoms with Crippen LogP contribution in [0.25, 0.3) is 5.69 Å². The lowest BCUT2D eigenvalue weighted by atomic mass is 10.1. The highest BCUT2D eigenvalue weighted by atomic mass is 19.4. The molecular weight excluding hydrogens is 402 g/mol. The highest BCUT2D eigenvalue weighted by Gasteiger charge is 2.31. The standard InChI is InChI=1S/C21H19F4N3O2/c1-13(10-14-6-3-4-9-17(14)22)26-20(29)19-18(30-2)12-28(27-19)16-8-5-7-15(11-16)21(23,24)25/h3-9,11-13H,10H2,1-2H3,(H,26,29). The summed E-state index contributed by atoms with van der Waals surface area (Å²) in [6.45, 7) is 1.71. The summed E-state index contributed by atoms with van der Waals surface area (Å²) in [5.74, 6) is -0.852. The molecule has 1 amide bonds. The van der Waals surface area contributed by atoms with Gasteiger partial charge < -0.3 is 10.1 Å². The van der Waals surface area contributed by atoms with Crippen molar-refractivity contribution >= 4 is 5.91 Å². The molecule has 0 fully saturated rings. The van der Waals surface area contributed by atoms with Gasteiger partial charge in [-0.05, 0) is 43.2 Å². The van der Waals surface area contributed by atoms with E-state index in [1.807, 2.05) is 0 Å². The number of carbonyl (C=O) groups is 1. The fourth-order valence-electron chi connectivity index (χ4n) is 2.96. The molecule has 0 radical (unpaired) electrons. The Balaban J connectivity index is 1.80. The van der Waals surface area contributed by atoms with Crippen molar-refractivity contribution in [2.75, 3.05) is 7.11 Å². The summed E-state index contributed by atoms with van der Waals surface area (Å²) in [6, 6.07) is 10.4. The van der Waals surface area contributed by atoms with Crippen molar-refractivity contribution in [1.82, 2.24) is 15.1 Å². The number of carbonyl (C=O) groups excluding carboxylic acids is 1. The van der Waals surface area contributed by atoms with E-state index < -0.39 is 23.7 Å². The lowest BCUT2D eigenvalue weighted by Gasteiger charge is -2.14. The Morgan fingerprint density at radius 1 is 1.20 bits per heavy atom. The highest BCUT2D eigenvalue weighted by Crippen LogP contribution is 2.30. The van der Waals surface area contributed by atoms with E-state index in [-0.39, 0.29) is 29.4 Å². The van der Waals surface area contributed by atoms with Gasteiger partial charge in [0.2, 0.25) is 0 Å². The van der Waals surface area contributed by atoms with E-state index in [4.69, 9.17) is 4.74 Å². The number of nitrogens with zero attached hydrogens (tertiary/aromatic N) is 2. The van der Waals surface area contributed by atoms with Gasteiger partial charge in [0.1, 0.15) is 5.82 Å². The van der Waals surface area contributed by atoms with Crippen LogP contribution in [-0.4, -0.2) is 28.8 Å². The van der Waals surface area contributed by atoms with Crippen molar-refractivity contribution < 1.29 is 27.1 Å². The predicted molar refractivity (Wildman–Crippen MR) is 102 cm³/mol. The van der Waals surface area contributed by atoms with E-state index in [0.717, 1.165) is 16.8 Å². The number of methoxy groups -OCH3 is 1. The lowest BCUT2D eigenvalue weighted by molar-refractivity contribution is -0.137. The zero-order valence-electron chi connectivity index (χ0n) is 16.2. The Bertz CT molecular complexity index is 1050. The topological polar surface area (TPSA) is 56.2 Å².